The SMILES string of the molecule is Cn1c(=O)n([C@H]2CCN(C(=O)O)C2)c2nc(Cl)ncc21. The molecule has 3 heterocycles. The third-order valence-electron chi connectivity index (χ3n) is 3.60. The maximum absolute atomic E-state index is 12.3. The molecule has 3 rings (SSSR count). The molecule has 1 N–H and O–H groups in total. The number of aromatic nitrogens is 4. The van der Waals surface area contributed by atoms with Gasteiger partial charge in [-0.25, -0.2) is 14.6 Å². The molecule has 1 aliphatic rings. The average Bonchev–Trinajstić information content (AvgIpc) is 2.95. The van der Waals surface area contributed by atoms with Crippen LogP contribution in [0.4, 0.5) is 4.79 Å². The van der Waals surface area contributed by atoms with E-state index in [1.165, 1.54) is 20.2 Å². The van der Waals surface area contributed by atoms with Crippen molar-refractivity contribution >= 4 is 28.9 Å². The maximum atomic E-state index is 12.3. The monoisotopic (exact) mass is 297 g/mol. The molecule has 1 fully saturated rings. The Balaban J connectivity index is 2.12. The number of carbonyl (C=O) groups is 1. The van der Waals surface area contributed by atoms with Gasteiger partial charge in [-0.3, -0.25) is 9.13 Å². The third-order valence-corrected chi connectivity index (χ3v) is 3.78. The molecule has 106 valence electrons. The summed E-state index contributed by atoms with van der Waals surface area (Å²) in [6.45, 7) is 0.678. The van der Waals surface area contributed by atoms with Crippen LogP contribution in [0.2, 0.25) is 5.28 Å². The predicted octanol–water partition coefficient (Wildman–Crippen LogP) is 0.708. The normalized spacial score (nSPS) is 18.9. The maximum Gasteiger partial charge on any atom is 0.407 e. The summed E-state index contributed by atoms with van der Waals surface area (Å²) in [4.78, 5) is 32.5. The van der Waals surface area contributed by atoms with E-state index >= 15 is 0 Å². The van der Waals surface area contributed by atoms with E-state index in [2.05, 4.69) is 9.97 Å². The van der Waals surface area contributed by atoms with E-state index in [0.717, 1.165) is 0 Å². The molecule has 0 unspecified atom stereocenters. The molecular formula is C11H12ClN5O3. The first kappa shape index (κ1) is 12.9. The lowest BCUT2D eigenvalue weighted by atomic mass is 10.2. The average molecular weight is 298 g/mol. The molecule has 8 nitrogen and oxygen atoms in total. The van der Waals surface area contributed by atoms with Crippen LogP contribution >= 0.6 is 11.6 Å². The molecule has 0 spiro atoms. The van der Waals surface area contributed by atoms with E-state index in [9.17, 15) is 9.59 Å². The number of amides is 1. The molecule has 9 heteroatoms. The lowest BCUT2D eigenvalue weighted by Crippen LogP contribution is -2.30. The lowest BCUT2D eigenvalue weighted by Gasteiger charge is -2.13. The van der Waals surface area contributed by atoms with E-state index < -0.39 is 6.09 Å². The van der Waals surface area contributed by atoms with Crippen LogP contribution in [0.15, 0.2) is 11.0 Å². The van der Waals surface area contributed by atoms with Crippen molar-refractivity contribution in [1.29, 1.82) is 0 Å². The molecule has 0 saturated carbocycles. The van der Waals surface area contributed by atoms with Gasteiger partial charge in [0, 0.05) is 20.1 Å². The Hall–Kier alpha value is -2.09. The molecule has 1 aliphatic heterocycles. The van der Waals surface area contributed by atoms with Crippen molar-refractivity contribution in [3.63, 3.8) is 0 Å². The Bertz CT molecular complexity index is 752. The molecule has 0 aromatic carbocycles. The standard InChI is InChI=1S/C11H12ClN5O3/c1-15-7-4-13-9(12)14-8(7)17(10(15)18)6-2-3-16(5-6)11(19)20/h4,6H,2-3,5H2,1H3,(H,19,20)/t6-/m0/s1. The Morgan fingerprint density at radius 2 is 2.30 bits per heavy atom. The minimum Gasteiger partial charge on any atom is -0.465 e. The van der Waals surface area contributed by atoms with Crippen LogP contribution in [0.5, 0.6) is 0 Å². The summed E-state index contributed by atoms with van der Waals surface area (Å²) < 4.78 is 2.95. The van der Waals surface area contributed by atoms with Crippen LogP contribution in [-0.2, 0) is 7.05 Å². The Morgan fingerprint density at radius 1 is 1.55 bits per heavy atom. The highest BCUT2D eigenvalue weighted by atomic mass is 35.5. The van der Waals surface area contributed by atoms with Gasteiger partial charge >= 0.3 is 11.8 Å². The van der Waals surface area contributed by atoms with Crippen molar-refractivity contribution < 1.29 is 9.90 Å². The van der Waals surface area contributed by atoms with E-state index in [0.29, 0.717) is 24.1 Å². The molecule has 0 aliphatic carbocycles. The molecule has 2 aromatic rings. The van der Waals surface area contributed by atoms with Crippen molar-refractivity contribution in [2.45, 2.75) is 12.5 Å². The number of hydrogen-bond acceptors (Lipinski definition) is 4. The summed E-state index contributed by atoms with van der Waals surface area (Å²) >= 11 is 5.79. The highest BCUT2D eigenvalue weighted by molar-refractivity contribution is 6.28. The van der Waals surface area contributed by atoms with E-state index in [4.69, 9.17) is 16.7 Å². The second-order valence-electron chi connectivity index (χ2n) is 4.73. The zero-order chi connectivity index (χ0) is 14.4. The van der Waals surface area contributed by atoms with Crippen molar-refractivity contribution in [2.24, 2.45) is 7.05 Å². The number of aryl methyl sites for hydroxylation is 1. The summed E-state index contributed by atoms with van der Waals surface area (Å²) in [5, 5.41) is 9.06. The van der Waals surface area contributed by atoms with Gasteiger partial charge in [0.25, 0.3) is 0 Å². The highest BCUT2D eigenvalue weighted by Gasteiger charge is 2.30. The number of hydrogen-bond donors (Lipinski definition) is 1. The van der Waals surface area contributed by atoms with E-state index in [1.807, 2.05) is 0 Å². The minimum atomic E-state index is -0.978. The van der Waals surface area contributed by atoms with Gasteiger partial charge in [-0.05, 0) is 18.0 Å². The predicted molar refractivity (Wildman–Crippen MR) is 71.0 cm³/mol. The highest BCUT2D eigenvalue weighted by Crippen LogP contribution is 2.24. The van der Waals surface area contributed by atoms with Crippen LogP contribution in [0.3, 0.4) is 0 Å². The van der Waals surface area contributed by atoms with Crippen LogP contribution in [-0.4, -0.2) is 48.3 Å². The quantitative estimate of drug-likeness (QED) is 0.782. The van der Waals surface area contributed by atoms with Gasteiger partial charge in [0.05, 0.1) is 12.2 Å². The topological polar surface area (TPSA) is 93.2 Å². The molecular weight excluding hydrogens is 286 g/mol. The zero-order valence-electron chi connectivity index (χ0n) is 10.7. The van der Waals surface area contributed by atoms with Gasteiger partial charge < -0.3 is 10.0 Å². The Kier molecular flexibility index (Phi) is 2.89. The van der Waals surface area contributed by atoms with E-state index in [-0.39, 0.29) is 23.6 Å². The fourth-order valence-corrected chi connectivity index (χ4v) is 2.70. The summed E-state index contributed by atoms with van der Waals surface area (Å²) in [6, 6.07) is -0.228. The minimum absolute atomic E-state index is 0.0601. The second-order valence-corrected chi connectivity index (χ2v) is 5.07. The molecule has 0 bridgehead atoms. The summed E-state index contributed by atoms with van der Waals surface area (Å²) in [5.74, 6) is 0. The van der Waals surface area contributed by atoms with Gasteiger partial charge in [-0.1, -0.05) is 0 Å². The van der Waals surface area contributed by atoms with Gasteiger partial charge in [0.15, 0.2) is 5.65 Å². The molecule has 1 amide bonds. The fraction of sp³-hybridized carbons (Fsp3) is 0.455. The number of imidazole rings is 1. The number of fused-ring (bicyclic) bond motifs is 1. The van der Waals surface area contributed by atoms with Crippen molar-refractivity contribution in [1.82, 2.24) is 24.0 Å². The number of halogens is 1. The van der Waals surface area contributed by atoms with Gasteiger partial charge in [-0.15, -0.1) is 0 Å². The summed E-state index contributed by atoms with van der Waals surface area (Å²) in [5.41, 5.74) is 0.775. The summed E-state index contributed by atoms with van der Waals surface area (Å²) in [6.07, 6.45) is 1.09. The van der Waals surface area contributed by atoms with Crippen LogP contribution in [0.25, 0.3) is 11.2 Å². The van der Waals surface area contributed by atoms with Gasteiger partial charge in [0.1, 0.15) is 5.52 Å². The molecule has 2 aromatic heterocycles. The number of carboxylic acid groups (broad SMARTS) is 1. The van der Waals surface area contributed by atoms with Crippen LogP contribution < -0.4 is 5.69 Å². The smallest absolute Gasteiger partial charge is 0.407 e. The largest absolute Gasteiger partial charge is 0.465 e. The Morgan fingerprint density at radius 3 is 2.95 bits per heavy atom. The van der Waals surface area contributed by atoms with Gasteiger partial charge in [0.2, 0.25) is 5.28 Å². The number of likely N-dealkylation sites (tertiary alicyclic amines) is 1. The fourth-order valence-electron chi connectivity index (χ4n) is 2.57. The van der Waals surface area contributed by atoms with Crippen molar-refractivity contribution in [3.05, 3.63) is 22.0 Å². The molecule has 0 radical (unpaired) electrons. The van der Waals surface area contributed by atoms with Gasteiger partial charge in [-0.2, -0.15) is 4.98 Å². The lowest BCUT2D eigenvalue weighted by molar-refractivity contribution is 0.154. The molecule has 1 saturated heterocycles. The first-order valence-corrected chi connectivity index (χ1v) is 6.44. The first-order chi connectivity index (χ1) is 9.49. The number of nitrogens with zero attached hydrogens (tertiary/aromatic N) is 5. The molecule has 20 heavy (non-hydrogen) atoms. The van der Waals surface area contributed by atoms with Crippen LogP contribution in [0, 0.1) is 0 Å². The Labute approximate surface area is 118 Å². The van der Waals surface area contributed by atoms with E-state index in [1.54, 1.807) is 7.05 Å². The van der Waals surface area contributed by atoms with Crippen molar-refractivity contribution in [2.75, 3.05) is 13.1 Å². The summed E-state index contributed by atoms with van der Waals surface area (Å²) in [7, 11) is 1.63. The second kappa shape index (κ2) is 4.48. The molecule has 1 atom stereocenters. The number of rotatable bonds is 1. The third kappa shape index (κ3) is 1.83. The van der Waals surface area contributed by atoms with Crippen LogP contribution in [0.1, 0.15) is 12.5 Å². The first-order valence-electron chi connectivity index (χ1n) is 6.06. The van der Waals surface area contributed by atoms with Crippen molar-refractivity contribution in [3.8, 4) is 0 Å². The zero-order valence-corrected chi connectivity index (χ0v) is 11.4.